The summed E-state index contributed by atoms with van der Waals surface area (Å²) >= 11 is 1.73. The predicted octanol–water partition coefficient (Wildman–Crippen LogP) is 3.41. The van der Waals surface area contributed by atoms with E-state index in [2.05, 4.69) is 63.5 Å². The van der Waals surface area contributed by atoms with Crippen LogP contribution in [0.1, 0.15) is 16.5 Å². The van der Waals surface area contributed by atoms with Crippen LogP contribution in [0.15, 0.2) is 41.9 Å². The first-order chi connectivity index (χ1) is 12.1. The molecule has 0 unspecified atom stereocenters. The van der Waals surface area contributed by atoms with Crippen LogP contribution in [-0.4, -0.2) is 51.9 Å². The van der Waals surface area contributed by atoms with Crippen molar-refractivity contribution in [2.24, 2.45) is 0 Å². The SMILES string of the molecule is Cc1ncc(CN(CCN(C)C)Cc2nc(-c3ccccc3)cs2)[nH]1. The lowest BCUT2D eigenvalue weighted by Gasteiger charge is -2.22. The second kappa shape index (κ2) is 8.38. The molecule has 6 heteroatoms. The fourth-order valence-corrected chi connectivity index (χ4v) is 3.51. The van der Waals surface area contributed by atoms with Gasteiger partial charge in [0.25, 0.3) is 0 Å². The van der Waals surface area contributed by atoms with E-state index < -0.39 is 0 Å². The number of imidazole rings is 1. The maximum atomic E-state index is 4.83. The molecule has 0 fully saturated rings. The number of rotatable bonds is 8. The number of hydrogen-bond acceptors (Lipinski definition) is 5. The van der Waals surface area contributed by atoms with Crippen LogP contribution in [0.4, 0.5) is 0 Å². The van der Waals surface area contributed by atoms with Gasteiger partial charge in [-0.15, -0.1) is 11.3 Å². The highest BCUT2D eigenvalue weighted by molar-refractivity contribution is 7.09. The topological polar surface area (TPSA) is 48.1 Å². The number of benzene rings is 1. The van der Waals surface area contributed by atoms with Crippen molar-refractivity contribution in [3.63, 3.8) is 0 Å². The Hall–Kier alpha value is -2.02. The number of H-pyrrole nitrogens is 1. The summed E-state index contributed by atoms with van der Waals surface area (Å²) in [5.41, 5.74) is 3.38. The summed E-state index contributed by atoms with van der Waals surface area (Å²) in [5.74, 6) is 0.961. The molecule has 0 spiro atoms. The van der Waals surface area contributed by atoms with Crippen molar-refractivity contribution >= 4 is 11.3 Å². The summed E-state index contributed by atoms with van der Waals surface area (Å²) in [5, 5.41) is 3.30. The zero-order chi connectivity index (χ0) is 17.6. The molecule has 0 amide bonds. The fraction of sp³-hybridized carbons (Fsp3) is 0.368. The van der Waals surface area contributed by atoms with Gasteiger partial charge in [-0.05, 0) is 21.0 Å². The highest BCUT2D eigenvalue weighted by atomic mass is 32.1. The van der Waals surface area contributed by atoms with Gasteiger partial charge < -0.3 is 9.88 Å². The van der Waals surface area contributed by atoms with Gasteiger partial charge in [-0.2, -0.15) is 0 Å². The third-order valence-electron chi connectivity index (χ3n) is 3.99. The molecule has 0 atom stereocenters. The van der Waals surface area contributed by atoms with E-state index in [4.69, 9.17) is 4.98 Å². The lowest BCUT2D eigenvalue weighted by molar-refractivity contribution is 0.224. The van der Waals surface area contributed by atoms with Crippen LogP contribution in [0.25, 0.3) is 11.3 Å². The average molecular weight is 356 g/mol. The number of nitrogens with one attached hydrogen (secondary N) is 1. The van der Waals surface area contributed by atoms with Crippen molar-refractivity contribution < 1.29 is 0 Å². The molecule has 3 rings (SSSR count). The molecule has 5 nitrogen and oxygen atoms in total. The maximum absolute atomic E-state index is 4.83. The van der Waals surface area contributed by atoms with Gasteiger partial charge >= 0.3 is 0 Å². The molecule has 0 aliphatic carbocycles. The maximum Gasteiger partial charge on any atom is 0.107 e. The first-order valence-electron chi connectivity index (χ1n) is 8.47. The van der Waals surface area contributed by atoms with Gasteiger partial charge in [-0.25, -0.2) is 9.97 Å². The molecular formula is C19H25N5S. The van der Waals surface area contributed by atoms with E-state index in [1.54, 1.807) is 11.3 Å². The van der Waals surface area contributed by atoms with E-state index in [9.17, 15) is 0 Å². The van der Waals surface area contributed by atoms with Gasteiger partial charge in [0, 0.05) is 42.5 Å². The van der Waals surface area contributed by atoms with Gasteiger partial charge in [0.05, 0.1) is 12.2 Å². The standard InChI is InChI=1S/C19H25N5S/c1-15-20-11-17(21-15)12-24(10-9-23(2)3)13-19-22-18(14-25-19)16-7-5-4-6-8-16/h4-8,11,14H,9-10,12-13H2,1-3H3,(H,20,21). The van der Waals surface area contributed by atoms with Crippen molar-refractivity contribution in [3.05, 3.63) is 58.4 Å². The van der Waals surface area contributed by atoms with Crippen LogP contribution in [0, 0.1) is 6.92 Å². The average Bonchev–Trinajstić information content (AvgIpc) is 3.22. The first-order valence-corrected chi connectivity index (χ1v) is 9.35. The minimum absolute atomic E-state index is 0.851. The molecule has 0 saturated carbocycles. The highest BCUT2D eigenvalue weighted by Crippen LogP contribution is 2.22. The van der Waals surface area contributed by atoms with Crippen molar-refractivity contribution in [1.82, 2.24) is 24.8 Å². The number of aryl methyl sites for hydroxylation is 1. The number of hydrogen-bond donors (Lipinski definition) is 1. The summed E-state index contributed by atoms with van der Waals surface area (Å²) in [6.07, 6.45) is 1.93. The Morgan fingerprint density at radius 2 is 1.88 bits per heavy atom. The Bertz CT molecular complexity index is 778. The first kappa shape index (κ1) is 17.8. The lowest BCUT2D eigenvalue weighted by atomic mass is 10.2. The quantitative estimate of drug-likeness (QED) is 0.673. The van der Waals surface area contributed by atoms with E-state index >= 15 is 0 Å². The Labute approximate surface area is 153 Å². The summed E-state index contributed by atoms with van der Waals surface area (Å²) in [6, 6.07) is 10.4. The van der Waals surface area contributed by atoms with Gasteiger partial charge in [0.1, 0.15) is 10.8 Å². The second-order valence-corrected chi connectivity index (χ2v) is 7.44. The summed E-state index contributed by atoms with van der Waals surface area (Å²) in [4.78, 5) is 17.1. The monoisotopic (exact) mass is 355 g/mol. The van der Waals surface area contributed by atoms with E-state index in [-0.39, 0.29) is 0 Å². The van der Waals surface area contributed by atoms with Gasteiger partial charge in [-0.1, -0.05) is 30.3 Å². The molecule has 0 aliphatic heterocycles. The minimum Gasteiger partial charge on any atom is -0.345 e. The second-order valence-electron chi connectivity index (χ2n) is 6.50. The summed E-state index contributed by atoms with van der Waals surface area (Å²) in [7, 11) is 4.21. The van der Waals surface area contributed by atoms with E-state index in [1.807, 2.05) is 19.2 Å². The molecule has 2 heterocycles. The van der Waals surface area contributed by atoms with Gasteiger partial charge in [0.2, 0.25) is 0 Å². The highest BCUT2D eigenvalue weighted by Gasteiger charge is 2.12. The largest absolute Gasteiger partial charge is 0.345 e. The molecule has 1 N–H and O–H groups in total. The summed E-state index contributed by atoms with van der Waals surface area (Å²) < 4.78 is 0. The smallest absolute Gasteiger partial charge is 0.107 e. The Morgan fingerprint density at radius 1 is 1.08 bits per heavy atom. The molecule has 0 radical (unpaired) electrons. The molecule has 0 aliphatic rings. The molecule has 0 saturated heterocycles. The molecular weight excluding hydrogens is 330 g/mol. The fourth-order valence-electron chi connectivity index (χ4n) is 2.66. The molecule has 2 aromatic heterocycles. The third-order valence-corrected chi connectivity index (χ3v) is 4.83. The van der Waals surface area contributed by atoms with Crippen molar-refractivity contribution in [2.45, 2.75) is 20.0 Å². The van der Waals surface area contributed by atoms with Crippen LogP contribution >= 0.6 is 11.3 Å². The van der Waals surface area contributed by atoms with Gasteiger partial charge in [-0.3, -0.25) is 4.90 Å². The van der Waals surface area contributed by atoms with Gasteiger partial charge in [0.15, 0.2) is 0 Å². The lowest BCUT2D eigenvalue weighted by Crippen LogP contribution is -2.31. The minimum atomic E-state index is 0.851. The molecule has 25 heavy (non-hydrogen) atoms. The number of likely N-dealkylation sites (N-methyl/N-ethyl adjacent to an activating group) is 1. The number of thiazole rings is 1. The Morgan fingerprint density at radius 3 is 2.56 bits per heavy atom. The van der Waals surface area contributed by atoms with Crippen LogP contribution in [-0.2, 0) is 13.1 Å². The third kappa shape index (κ3) is 5.22. The molecule has 1 aromatic carbocycles. The van der Waals surface area contributed by atoms with E-state index in [0.717, 1.165) is 48.4 Å². The zero-order valence-corrected chi connectivity index (χ0v) is 15.9. The van der Waals surface area contributed by atoms with Crippen LogP contribution in [0.2, 0.25) is 0 Å². The number of aromatic amines is 1. The van der Waals surface area contributed by atoms with Crippen molar-refractivity contribution in [2.75, 3.05) is 27.2 Å². The molecule has 0 bridgehead atoms. The Balaban J connectivity index is 1.69. The van der Waals surface area contributed by atoms with Crippen LogP contribution in [0.3, 0.4) is 0 Å². The normalized spacial score (nSPS) is 11.6. The van der Waals surface area contributed by atoms with Crippen molar-refractivity contribution in [1.29, 1.82) is 0 Å². The number of aromatic nitrogens is 3. The van der Waals surface area contributed by atoms with Crippen molar-refractivity contribution in [3.8, 4) is 11.3 Å². The van der Waals surface area contributed by atoms with E-state index in [1.165, 1.54) is 5.56 Å². The predicted molar refractivity (Wildman–Crippen MR) is 104 cm³/mol. The van der Waals surface area contributed by atoms with E-state index in [0.29, 0.717) is 0 Å². The summed E-state index contributed by atoms with van der Waals surface area (Å²) in [6.45, 7) is 5.70. The Kier molecular flexibility index (Phi) is 5.96. The molecule has 3 aromatic rings. The zero-order valence-electron chi connectivity index (χ0n) is 15.1. The molecule has 132 valence electrons. The van der Waals surface area contributed by atoms with Crippen LogP contribution < -0.4 is 0 Å². The van der Waals surface area contributed by atoms with Crippen LogP contribution in [0.5, 0.6) is 0 Å². The number of nitrogens with zero attached hydrogens (tertiary/aromatic N) is 4.